The largest absolute Gasteiger partial charge is 0.271 e. The predicted molar refractivity (Wildman–Crippen MR) is 77.0 cm³/mol. The van der Waals surface area contributed by atoms with Gasteiger partial charge in [0.2, 0.25) is 0 Å². The van der Waals surface area contributed by atoms with Gasteiger partial charge in [-0.15, -0.1) is 0 Å². The molecule has 1 unspecified atom stereocenters. The lowest BCUT2D eigenvalue weighted by Crippen LogP contribution is -2.29. The Bertz CT molecular complexity index is 578. The topological polar surface area (TPSA) is 50.9 Å². The first-order valence-corrected chi connectivity index (χ1v) is 6.66. The third-order valence-electron chi connectivity index (χ3n) is 3.07. The van der Waals surface area contributed by atoms with Gasteiger partial charge in [-0.05, 0) is 36.6 Å². The van der Waals surface area contributed by atoms with Crippen LogP contribution in [0.2, 0.25) is 0 Å². The molecule has 0 bridgehead atoms. The lowest BCUT2D eigenvalue weighted by atomic mass is 9.96. The third-order valence-corrected chi connectivity index (χ3v) is 4.32. The summed E-state index contributed by atoms with van der Waals surface area (Å²) in [4.78, 5) is 3.75. The molecule has 0 radical (unpaired) electrons. The van der Waals surface area contributed by atoms with Crippen LogP contribution >= 0.6 is 15.9 Å². The Morgan fingerprint density at radius 3 is 2.47 bits per heavy atom. The van der Waals surface area contributed by atoms with Crippen molar-refractivity contribution < 1.29 is 4.39 Å². The highest BCUT2D eigenvalue weighted by Crippen LogP contribution is 2.29. The van der Waals surface area contributed by atoms with E-state index in [1.165, 1.54) is 6.20 Å². The van der Waals surface area contributed by atoms with Crippen molar-refractivity contribution in [1.29, 1.82) is 0 Å². The smallest absolute Gasteiger partial charge is 0.146 e. The van der Waals surface area contributed by atoms with E-state index in [1.54, 1.807) is 12.3 Å². The molecule has 3 N–H and O–H groups in total. The van der Waals surface area contributed by atoms with E-state index in [2.05, 4.69) is 26.3 Å². The molecular weight excluding hydrogens is 309 g/mol. The van der Waals surface area contributed by atoms with Crippen molar-refractivity contribution in [2.75, 3.05) is 0 Å². The standard InChI is InChI=1S/C14H15BrFN3/c1-8-5-10(6-9(2)13(8)15)14(19-17)11-3-4-18-7-12(11)16/h3-7,14,19H,17H2,1-2H3. The average Bonchev–Trinajstić information content (AvgIpc) is 2.39. The number of hydrazine groups is 1. The molecule has 1 atom stereocenters. The van der Waals surface area contributed by atoms with Crippen LogP contribution in [0, 0.1) is 19.7 Å². The van der Waals surface area contributed by atoms with E-state index >= 15 is 0 Å². The minimum Gasteiger partial charge on any atom is -0.271 e. The van der Waals surface area contributed by atoms with Crippen LogP contribution in [0.25, 0.3) is 0 Å². The fourth-order valence-electron chi connectivity index (χ4n) is 2.13. The predicted octanol–water partition coefficient (Wildman–Crippen LogP) is 3.15. The van der Waals surface area contributed by atoms with Crippen LogP contribution in [0.3, 0.4) is 0 Å². The second-order valence-electron chi connectivity index (χ2n) is 4.47. The highest BCUT2D eigenvalue weighted by molar-refractivity contribution is 9.10. The zero-order valence-corrected chi connectivity index (χ0v) is 12.3. The Balaban J connectivity index is 2.52. The Kier molecular flexibility index (Phi) is 4.29. The fraction of sp³-hybridized carbons (Fsp3) is 0.214. The third kappa shape index (κ3) is 2.83. The number of pyridine rings is 1. The van der Waals surface area contributed by atoms with Gasteiger partial charge in [0.15, 0.2) is 0 Å². The SMILES string of the molecule is Cc1cc(C(NN)c2ccncc2F)cc(C)c1Br. The summed E-state index contributed by atoms with van der Waals surface area (Å²) < 4.78 is 14.9. The number of nitrogens with one attached hydrogen (secondary N) is 1. The number of hydrogen-bond acceptors (Lipinski definition) is 3. The summed E-state index contributed by atoms with van der Waals surface area (Å²) >= 11 is 3.52. The summed E-state index contributed by atoms with van der Waals surface area (Å²) in [6, 6.07) is 5.21. The molecule has 0 aliphatic heterocycles. The van der Waals surface area contributed by atoms with Gasteiger partial charge in [0.05, 0.1) is 12.2 Å². The van der Waals surface area contributed by atoms with Crippen LogP contribution in [-0.2, 0) is 0 Å². The van der Waals surface area contributed by atoms with Crippen LogP contribution in [0.1, 0.15) is 28.3 Å². The van der Waals surface area contributed by atoms with Gasteiger partial charge in [-0.3, -0.25) is 10.8 Å². The van der Waals surface area contributed by atoms with Gasteiger partial charge >= 0.3 is 0 Å². The molecule has 5 heteroatoms. The van der Waals surface area contributed by atoms with Gasteiger partial charge in [-0.1, -0.05) is 28.1 Å². The van der Waals surface area contributed by atoms with Crippen molar-refractivity contribution in [2.24, 2.45) is 5.84 Å². The van der Waals surface area contributed by atoms with Crippen LogP contribution in [0.5, 0.6) is 0 Å². The molecule has 1 aromatic carbocycles. The van der Waals surface area contributed by atoms with Crippen LogP contribution < -0.4 is 11.3 Å². The lowest BCUT2D eigenvalue weighted by molar-refractivity contribution is 0.555. The molecule has 0 aliphatic rings. The normalized spacial score (nSPS) is 12.5. The highest BCUT2D eigenvalue weighted by Gasteiger charge is 2.17. The van der Waals surface area contributed by atoms with Crippen LogP contribution in [0.15, 0.2) is 35.1 Å². The first-order valence-electron chi connectivity index (χ1n) is 5.86. The summed E-state index contributed by atoms with van der Waals surface area (Å²) in [6.07, 6.45) is 2.75. The molecular formula is C14H15BrFN3. The van der Waals surface area contributed by atoms with Crippen molar-refractivity contribution >= 4 is 15.9 Å². The fourth-order valence-corrected chi connectivity index (χ4v) is 2.36. The number of hydrogen-bond donors (Lipinski definition) is 2. The molecule has 1 aromatic heterocycles. The molecule has 0 amide bonds. The first-order chi connectivity index (χ1) is 9.04. The number of benzene rings is 1. The van der Waals surface area contributed by atoms with Crippen molar-refractivity contribution in [3.63, 3.8) is 0 Å². The van der Waals surface area contributed by atoms with Gasteiger partial charge in [0.25, 0.3) is 0 Å². The van der Waals surface area contributed by atoms with Gasteiger partial charge in [-0.2, -0.15) is 0 Å². The number of aromatic nitrogens is 1. The van der Waals surface area contributed by atoms with Gasteiger partial charge in [-0.25, -0.2) is 9.82 Å². The Labute approximate surface area is 120 Å². The van der Waals surface area contributed by atoms with Crippen LogP contribution in [0.4, 0.5) is 4.39 Å². The number of aryl methyl sites for hydroxylation is 2. The molecule has 0 saturated heterocycles. The minimum atomic E-state index is -0.395. The maximum atomic E-state index is 13.8. The van der Waals surface area contributed by atoms with E-state index in [1.807, 2.05) is 26.0 Å². The molecule has 3 nitrogen and oxygen atoms in total. The molecule has 1 heterocycles. The second kappa shape index (κ2) is 5.77. The van der Waals surface area contributed by atoms with Crippen molar-refractivity contribution in [1.82, 2.24) is 10.4 Å². The summed E-state index contributed by atoms with van der Waals surface area (Å²) in [5.74, 6) is 5.22. The summed E-state index contributed by atoms with van der Waals surface area (Å²) in [7, 11) is 0. The Morgan fingerprint density at radius 1 is 1.32 bits per heavy atom. The highest BCUT2D eigenvalue weighted by atomic mass is 79.9. The minimum absolute atomic E-state index is 0.372. The number of nitrogens with zero attached hydrogens (tertiary/aromatic N) is 1. The van der Waals surface area contributed by atoms with E-state index < -0.39 is 6.04 Å². The summed E-state index contributed by atoms with van der Waals surface area (Å²) in [5, 5.41) is 0. The van der Waals surface area contributed by atoms with E-state index in [0.717, 1.165) is 21.2 Å². The van der Waals surface area contributed by atoms with Crippen LogP contribution in [-0.4, -0.2) is 4.98 Å². The lowest BCUT2D eigenvalue weighted by Gasteiger charge is -2.19. The molecule has 0 fully saturated rings. The van der Waals surface area contributed by atoms with Crippen molar-refractivity contribution in [2.45, 2.75) is 19.9 Å². The van der Waals surface area contributed by atoms with E-state index in [0.29, 0.717) is 5.56 Å². The number of nitrogens with two attached hydrogens (primary N) is 1. The number of rotatable bonds is 3. The van der Waals surface area contributed by atoms with Crippen molar-refractivity contribution in [3.8, 4) is 0 Å². The summed E-state index contributed by atoms with van der Waals surface area (Å²) in [5.41, 5.74) is 6.25. The molecule has 0 spiro atoms. The molecule has 19 heavy (non-hydrogen) atoms. The molecule has 100 valence electrons. The van der Waals surface area contributed by atoms with E-state index in [-0.39, 0.29) is 5.82 Å². The van der Waals surface area contributed by atoms with Gasteiger partial charge in [0.1, 0.15) is 5.82 Å². The first kappa shape index (κ1) is 14.1. The molecule has 2 rings (SSSR count). The van der Waals surface area contributed by atoms with E-state index in [9.17, 15) is 4.39 Å². The zero-order valence-electron chi connectivity index (χ0n) is 10.7. The monoisotopic (exact) mass is 323 g/mol. The maximum Gasteiger partial charge on any atom is 0.146 e. The second-order valence-corrected chi connectivity index (χ2v) is 5.26. The molecule has 2 aromatic rings. The van der Waals surface area contributed by atoms with Crippen molar-refractivity contribution in [3.05, 3.63) is 63.1 Å². The zero-order chi connectivity index (χ0) is 14.0. The number of halogens is 2. The quantitative estimate of drug-likeness (QED) is 0.674. The molecule has 0 saturated carbocycles. The summed E-state index contributed by atoms with van der Waals surface area (Å²) in [6.45, 7) is 3.99. The van der Waals surface area contributed by atoms with Gasteiger partial charge in [0, 0.05) is 16.2 Å². The van der Waals surface area contributed by atoms with E-state index in [4.69, 9.17) is 5.84 Å². The molecule has 0 aliphatic carbocycles. The Hall–Kier alpha value is -1.30. The average molecular weight is 324 g/mol. The Morgan fingerprint density at radius 2 is 1.95 bits per heavy atom. The van der Waals surface area contributed by atoms with Gasteiger partial charge < -0.3 is 0 Å². The maximum absolute atomic E-state index is 13.8.